The summed E-state index contributed by atoms with van der Waals surface area (Å²) in [6, 6.07) is 5.19. The zero-order valence-corrected chi connectivity index (χ0v) is 19.0. The van der Waals surface area contributed by atoms with Crippen LogP contribution in [0.15, 0.2) is 24.3 Å². The average molecular weight is 470 g/mol. The van der Waals surface area contributed by atoms with Crippen LogP contribution >= 0.6 is 11.3 Å². The van der Waals surface area contributed by atoms with Gasteiger partial charge in [0, 0.05) is 50.1 Å². The summed E-state index contributed by atoms with van der Waals surface area (Å²) >= 11 is 1.31. The number of carbonyl (C=O) groups excluding carboxylic acids is 2. The van der Waals surface area contributed by atoms with E-state index in [1.165, 1.54) is 17.4 Å². The molecule has 174 valence electrons. The summed E-state index contributed by atoms with van der Waals surface area (Å²) in [7, 11) is 0. The van der Waals surface area contributed by atoms with Gasteiger partial charge < -0.3 is 15.1 Å². The average Bonchev–Trinajstić information content (AvgIpc) is 3.20. The van der Waals surface area contributed by atoms with Crippen LogP contribution in [0.2, 0.25) is 0 Å². The van der Waals surface area contributed by atoms with E-state index < -0.39 is 11.7 Å². The summed E-state index contributed by atoms with van der Waals surface area (Å²) in [6.45, 7) is 7.66. The molecule has 7 nitrogen and oxygen atoms in total. The molecule has 11 heteroatoms. The molecule has 2 aromatic rings. The predicted octanol–water partition coefficient (Wildman–Crippen LogP) is 3.92. The fraction of sp³-hybridized carbons (Fsp3) is 0.524. The van der Waals surface area contributed by atoms with Gasteiger partial charge >= 0.3 is 6.18 Å². The van der Waals surface area contributed by atoms with Crippen molar-refractivity contribution in [1.29, 1.82) is 0 Å². The lowest BCUT2D eigenvalue weighted by atomic mass is 9.98. The SMILES string of the molecule is CC(C)(C)c1nnc(NC(=O)CCC(=O)N2CCN(c3cccc(C(F)(F)F)c3)CC2)s1. The van der Waals surface area contributed by atoms with Crippen molar-refractivity contribution < 1.29 is 22.8 Å². The summed E-state index contributed by atoms with van der Waals surface area (Å²) in [4.78, 5) is 28.1. The van der Waals surface area contributed by atoms with E-state index in [2.05, 4.69) is 15.5 Å². The minimum absolute atomic E-state index is 0.0249. The Hall–Kier alpha value is -2.69. The largest absolute Gasteiger partial charge is 0.416 e. The third-order valence-corrected chi connectivity index (χ3v) is 6.31. The maximum atomic E-state index is 12.9. The van der Waals surface area contributed by atoms with E-state index in [-0.39, 0.29) is 30.1 Å². The van der Waals surface area contributed by atoms with Crippen molar-refractivity contribution in [2.45, 2.75) is 45.2 Å². The molecule has 0 bridgehead atoms. The Morgan fingerprint density at radius 2 is 1.75 bits per heavy atom. The van der Waals surface area contributed by atoms with Crippen molar-refractivity contribution in [2.75, 3.05) is 36.4 Å². The number of hydrogen-bond acceptors (Lipinski definition) is 6. The van der Waals surface area contributed by atoms with Crippen LogP contribution in [0.25, 0.3) is 0 Å². The molecule has 0 radical (unpaired) electrons. The third-order valence-electron chi connectivity index (χ3n) is 5.05. The topological polar surface area (TPSA) is 78.4 Å². The fourth-order valence-corrected chi connectivity index (χ4v) is 4.05. The summed E-state index contributed by atoms with van der Waals surface area (Å²) < 4.78 is 38.8. The van der Waals surface area contributed by atoms with Crippen LogP contribution in [0.4, 0.5) is 24.0 Å². The van der Waals surface area contributed by atoms with E-state index in [0.29, 0.717) is 37.0 Å². The number of benzene rings is 1. The van der Waals surface area contributed by atoms with Crippen molar-refractivity contribution in [3.63, 3.8) is 0 Å². The molecule has 2 amide bonds. The van der Waals surface area contributed by atoms with Crippen LogP contribution < -0.4 is 10.2 Å². The maximum absolute atomic E-state index is 12.9. The molecule has 0 saturated carbocycles. The molecular formula is C21H26F3N5O2S. The highest BCUT2D eigenvalue weighted by Gasteiger charge is 2.31. The van der Waals surface area contributed by atoms with Crippen molar-refractivity contribution in [3.8, 4) is 0 Å². The molecule has 1 aromatic carbocycles. The molecule has 32 heavy (non-hydrogen) atoms. The molecule has 0 aliphatic carbocycles. The number of nitrogens with one attached hydrogen (secondary N) is 1. The second kappa shape index (κ2) is 9.43. The van der Waals surface area contributed by atoms with E-state index >= 15 is 0 Å². The molecular weight excluding hydrogens is 443 g/mol. The molecule has 3 rings (SSSR count). The molecule has 0 atom stereocenters. The normalized spacial score (nSPS) is 15.1. The standard InChI is InChI=1S/C21H26F3N5O2S/c1-20(2,3)18-26-27-19(32-18)25-16(30)7-8-17(31)29-11-9-28(10-12-29)15-6-4-5-14(13-15)21(22,23)24/h4-6,13H,7-12H2,1-3H3,(H,25,27,30). The zero-order valence-electron chi connectivity index (χ0n) is 18.2. The van der Waals surface area contributed by atoms with Crippen LogP contribution in [0.5, 0.6) is 0 Å². The van der Waals surface area contributed by atoms with Gasteiger partial charge in [-0.25, -0.2) is 0 Å². The quantitative estimate of drug-likeness (QED) is 0.718. The summed E-state index contributed by atoms with van der Waals surface area (Å²) in [6.07, 6.45) is -4.31. The van der Waals surface area contributed by atoms with Gasteiger partial charge in [-0.1, -0.05) is 38.2 Å². The minimum atomic E-state index is -4.39. The first kappa shape index (κ1) is 24.0. The van der Waals surface area contributed by atoms with Crippen molar-refractivity contribution in [2.24, 2.45) is 0 Å². The highest BCUT2D eigenvalue weighted by molar-refractivity contribution is 7.15. The number of amides is 2. The molecule has 1 aromatic heterocycles. The molecule has 1 N–H and O–H groups in total. The molecule has 0 spiro atoms. The van der Waals surface area contributed by atoms with E-state index in [4.69, 9.17) is 0 Å². The van der Waals surface area contributed by atoms with Crippen molar-refractivity contribution in [1.82, 2.24) is 15.1 Å². The first-order chi connectivity index (χ1) is 14.9. The molecule has 1 saturated heterocycles. The van der Waals surface area contributed by atoms with Crippen LogP contribution in [-0.4, -0.2) is 53.1 Å². The number of halogens is 3. The highest BCUT2D eigenvalue weighted by atomic mass is 32.1. The van der Waals surface area contributed by atoms with Gasteiger partial charge in [-0.05, 0) is 18.2 Å². The number of piperazine rings is 1. The van der Waals surface area contributed by atoms with Gasteiger partial charge in [0.2, 0.25) is 16.9 Å². The van der Waals surface area contributed by atoms with E-state index in [1.807, 2.05) is 25.7 Å². The Labute approximate surface area is 188 Å². The van der Waals surface area contributed by atoms with Crippen LogP contribution in [0.1, 0.15) is 44.2 Å². The summed E-state index contributed by atoms with van der Waals surface area (Å²) in [5, 5.41) is 11.9. The second-order valence-corrected chi connectivity index (χ2v) is 9.60. The van der Waals surface area contributed by atoms with Gasteiger partial charge in [0.05, 0.1) is 5.56 Å². The molecule has 1 aliphatic rings. The lowest BCUT2D eigenvalue weighted by Crippen LogP contribution is -2.48. The highest BCUT2D eigenvalue weighted by Crippen LogP contribution is 2.32. The molecule has 1 aliphatic heterocycles. The summed E-state index contributed by atoms with van der Waals surface area (Å²) in [5.41, 5.74) is -0.366. The van der Waals surface area contributed by atoms with Crippen LogP contribution in [0.3, 0.4) is 0 Å². The van der Waals surface area contributed by atoms with E-state index in [0.717, 1.165) is 17.1 Å². The van der Waals surface area contributed by atoms with E-state index in [1.54, 1.807) is 11.0 Å². The molecule has 0 unspecified atom stereocenters. The van der Waals surface area contributed by atoms with Crippen molar-refractivity contribution in [3.05, 3.63) is 34.8 Å². The Kier molecular flexibility index (Phi) is 7.06. The monoisotopic (exact) mass is 469 g/mol. The number of hydrogen-bond donors (Lipinski definition) is 1. The Bertz CT molecular complexity index is 963. The van der Waals surface area contributed by atoms with Crippen LogP contribution in [-0.2, 0) is 21.2 Å². The van der Waals surface area contributed by atoms with Gasteiger partial charge in [0.15, 0.2) is 0 Å². The maximum Gasteiger partial charge on any atom is 0.416 e. The molecule has 1 fully saturated rings. The molecule has 2 heterocycles. The fourth-order valence-electron chi connectivity index (χ4n) is 3.23. The smallest absolute Gasteiger partial charge is 0.368 e. The number of carbonyl (C=O) groups is 2. The van der Waals surface area contributed by atoms with Crippen molar-refractivity contribution >= 4 is 34.0 Å². The Morgan fingerprint density at radius 3 is 2.34 bits per heavy atom. The van der Waals surface area contributed by atoms with Gasteiger partial charge in [-0.3, -0.25) is 9.59 Å². The zero-order chi connectivity index (χ0) is 23.5. The van der Waals surface area contributed by atoms with Gasteiger partial charge in [0.25, 0.3) is 0 Å². The third kappa shape index (κ3) is 6.18. The van der Waals surface area contributed by atoms with Gasteiger partial charge in [-0.15, -0.1) is 10.2 Å². The van der Waals surface area contributed by atoms with Crippen LogP contribution in [0, 0.1) is 0 Å². The minimum Gasteiger partial charge on any atom is -0.368 e. The first-order valence-electron chi connectivity index (χ1n) is 10.3. The Morgan fingerprint density at radius 1 is 1.06 bits per heavy atom. The second-order valence-electron chi connectivity index (χ2n) is 8.63. The number of rotatable bonds is 5. The predicted molar refractivity (Wildman–Crippen MR) is 117 cm³/mol. The lowest BCUT2D eigenvalue weighted by molar-refractivity contribution is -0.137. The van der Waals surface area contributed by atoms with Gasteiger partial charge in [-0.2, -0.15) is 13.2 Å². The lowest BCUT2D eigenvalue weighted by Gasteiger charge is -2.36. The number of aromatic nitrogens is 2. The van der Waals surface area contributed by atoms with Gasteiger partial charge in [0.1, 0.15) is 5.01 Å². The van der Waals surface area contributed by atoms with E-state index in [9.17, 15) is 22.8 Å². The first-order valence-corrected chi connectivity index (χ1v) is 11.1. The summed E-state index contributed by atoms with van der Waals surface area (Å²) in [5.74, 6) is -0.464. The number of nitrogens with zero attached hydrogens (tertiary/aromatic N) is 4. The Balaban J connectivity index is 1.45. The number of alkyl halides is 3. The number of anilines is 2.